The van der Waals surface area contributed by atoms with E-state index in [2.05, 4.69) is 34.2 Å². The lowest BCUT2D eigenvalue weighted by atomic mass is 10.1. The molecule has 0 aliphatic heterocycles. The molecule has 9 nitrogen and oxygen atoms in total. The number of anilines is 2. The Labute approximate surface area is 207 Å². The van der Waals surface area contributed by atoms with E-state index in [-0.39, 0.29) is 6.10 Å². The Kier molecular flexibility index (Phi) is 6.34. The van der Waals surface area contributed by atoms with Gasteiger partial charge < -0.3 is 19.5 Å². The largest absolute Gasteiger partial charge is 0.474 e. The van der Waals surface area contributed by atoms with Crippen molar-refractivity contribution in [3.8, 4) is 17.0 Å². The Balaban J connectivity index is 1.61. The number of aromatic amines is 1. The average Bonchev–Trinajstić information content (AvgIpc) is 3.54. The van der Waals surface area contributed by atoms with Crippen molar-refractivity contribution in [3.05, 3.63) is 41.6 Å². The molecule has 1 aromatic carbocycles. The van der Waals surface area contributed by atoms with E-state index in [0.717, 1.165) is 46.9 Å². The van der Waals surface area contributed by atoms with E-state index >= 15 is 0 Å². The number of aryl methyl sites for hydroxylation is 2. The zero-order valence-electron chi connectivity index (χ0n) is 20.2. The zero-order chi connectivity index (χ0) is 24.5. The first-order valence-corrected chi connectivity index (χ1v) is 12.3. The maximum Gasteiger partial charge on any atom is 0.232 e. The first-order valence-electron chi connectivity index (χ1n) is 11.9. The van der Waals surface area contributed by atoms with Crippen LogP contribution in [0.15, 0.2) is 35.0 Å². The van der Waals surface area contributed by atoms with Gasteiger partial charge in [-0.2, -0.15) is 15.1 Å². The molecule has 1 unspecified atom stereocenters. The van der Waals surface area contributed by atoms with Crippen molar-refractivity contribution in [2.24, 2.45) is 0 Å². The second kappa shape index (κ2) is 9.58. The van der Waals surface area contributed by atoms with Crippen LogP contribution in [-0.2, 0) is 6.54 Å². The summed E-state index contributed by atoms with van der Waals surface area (Å²) < 4.78 is 13.9. The number of halogens is 1. The Morgan fingerprint density at radius 2 is 2.06 bits per heavy atom. The summed E-state index contributed by atoms with van der Waals surface area (Å²) in [5, 5.41) is 8.80. The van der Waals surface area contributed by atoms with E-state index < -0.39 is 0 Å². The molecule has 0 spiro atoms. The van der Waals surface area contributed by atoms with Crippen molar-refractivity contribution in [3.63, 3.8) is 0 Å². The van der Waals surface area contributed by atoms with Crippen molar-refractivity contribution in [2.45, 2.75) is 59.6 Å². The van der Waals surface area contributed by atoms with Gasteiger partial charge >= 0.3 is 0 Å². The Morgan fingerprint density at radius 1 is 1.20 bits per heavy atom. The van der Waals surface area contributed by atoms with Crippen molar-refractivity contribution >= 4 is 45.4 Å². The summed E-state index contributed by atoms with van der Waals surface area (Å²) in [4.78, 5) is 17.2. The maximum absolute atomic E-state index is 6.46. The standard InChI is InChI=1S/C25H28ClN7O2/c1-5-8-16(6-2)35-24-21-17(15-9-10-18-20(11-15)34-14(4)29-18)12-27-23(21)31-25(32-24)30-19-13-28-33(7-3)22(19)26/h9-13,16H,5-8H2,1-4H3,(H2,27,30,31,32). The van der Waals surface area contributed by atoms with Gasteiger partial charge in [0.05, 0.1) is 17.3 Å². The second-order valence-corrected chi connectivity index (χ2v) is 8.78. The molecular weight excluding hydrogens is 466 g/mol. The van der Waals surface area contributed by atoms with Gasteiger partial charge in [-0.25, -0.2) is 4.98 Å². The molecule has 35 heavy (non-hydrogen) atoms. The Bertz CT molecular complexity index is 1490. The predicted molar refractivity (Wildman–Crippen MR) is 137 cm³/mol. The second-order valence-electron chi connectivity index (χ2n) is 8.42. The summed E-state index contributed by atoms with van der Waals surface area (Å²) in [5.74, 6) is 1.53. The van der Waals surface area contributed by atoms with Crippen LogP contribution in [-0.4, -0.2) is 35.8 Å². The highest BCUT2D eigenvalue weighted by Crippen LogP contribution is 2.37. The predicted octanol–water partition coefficient (Wildman–Crippen LogP) is 6.65. The number of nitrogens with one attached hydrogen (secondary N) is 2. The van der Waals surface area contributed by atoms with Gasteiger partial charge in [-0.15, -0.1) is 0 Å². The van der Waals surface area contributed by atoms with E-state index in [1.165, 1.54) is 0 Å². The average molecular weight is 494 g/mol. The van der Waals surface area contributed by atoms with Gasteiger partial charge in [-0.3, -0.25) is 4.68 Å². The summed E-state index contributed by atoms with van der Waals surface area (Å²) >= 11 is 6.44. The van der Waals surface area contributed by atoms with E-state index in [1.54, 1.807) is 10.9 Å². The summed E-state index contributed by atoms with van der Waals surface area (Å²) in [7, 11) is 0. The van der Waals surface area contributed by atoms with Crippen LogP contribution < -0.4 is 10.1 Å². The first-order chi connectivity index (χ1) is 17.0. The highest BCUT2D eigenvalue weighted by molar-refractivity contribution is 6.32. The minimum atomic E-state index is 0.0412. The minimum absolute atomic E-state index is 0.0412. The molecule has 0 amide bonds. The molecule has 0 saturated carbocycles. The highest BCUT2D eigenvalue weighted by Gasteiger charge is 2.20. The van der Waals surface area contributed by atoms with Gasteiger partial charge in [0.2, 0.25) is 11.8 Å². The number of oxazole rings is 1. The van der Waals surface area contributed by atoms with Crippen LogP contribution in [0.2, 0.25) is 5.15 Å². The van der Waals surface area contributed by atoms with Crippen molar-refractivity contribution < 1.29 is 9.15 Å². The number of hydrogen-bond donors (Lipinski definition) is 2. The number of fused-ring (bicyclic) bond motifs is 2. The number of hydrogen-bond acceptors (Lipinski definition) is 7. The molecule has 10 heteroatoms. The molecule has 0 radical (unpaired) electrons. The molecular formula is C25H28ClN7O2. The van der Waals surface area contributed by atoms with Crippen LogP contribution >= 0.6 is 11.6 Å². The number of nitrogens with zero attached hydrogens (tertiary/aromatic N) is 5. The third-order valence-corrected chi connectivity index (χ3v) is 6.37. The normalized spacial score (nSPS) is 12.5. The van der Waals surface area contributed by atoms with Gasteiger partial charge in [0.15, 0.2) is 16.6 Å². The molecule has 4 heterocycles. The lowest BCUT2D eigenvalue weighted by Crippen LogP contribution is -2.16. The molecule has 182 valence electrons. The number of benzene rings is 1. The molecule has 5 aromatic rings. The summed E-state index contributed by atoms with van der Waals surface area (Å²) in [6.45, 7) is 8.76. The number of aromatic nitrogens is 6. The van der Waals surface area contributed by atoms with Gasteiger partial charge in [-0.1, -0.05) is 37.9 Å². The number of rotatable bonds is 9. The molecule has 5 rings (SSSR count). The van der Waals surface area contributed by atoms with E-state index in [1.807, 2.05) is 38.2 Å². The fourth-order valence-electron chi connectivity index (χ4n) is 4.20. The van der Waals surface area contributed by atoms with Crippen molar-refractivity contribution in [1.82, 2.24) is 29.7 Å². The quantitative estimate of drug-likeness (QED) is 0.237. The van der Waals surface area contributed by atoms with Crippen LogP contribution in [0.1, 0.15) is 45.9 Å². The third-order valence-electron chi connectivity index (χ3n) is 5.97. The number of ether oxygens (including phenoxy) is 1. The first kappa shape index (κ1) is 23.2. The smallest absolute Gasteiger partial charge is 0.232 e. The highest BCUT2D eigenvalue weighted by atomic mass is 35.5. The fraction of sp³-hybridized carbons (Fsp3) is 0.360. The summed E-state index contributed by atoms with van der Waals surface area (Å²) in [6, 6.07) is 5.96. The lowest BCUT2D eigenvalue weighted by molar-refractivity contribution is 0.181. The number of H-pyrrole nitrogens is 1. The SMILES string of the molecule is CCCC(CC)Oc1nc(Nc2cnn(CC)c2Cl)nc2[nH]cc(-c3ccc4nc(C)oc4c3)c12. The molecule has 1 atom stereocenters. The van der Waals surface area contributed by atoms with Crippen molar-refractivity contribution in [2.75, 3.05) is 5.32 Å². The van der Waals surface area contributed by atoms with Gasteiger partial charge in [0.25, 0.3) is 0 Å². The minimum Gasteiger partial charge on any atom is -0.474 e. The molecule has 0 saturated heterocycles. The molecule has 4 aromatic heterocycles. The van der Waals surface area contributed by atoms with E-state index in [4.69, 9.17) is 30.7 Å². The lowest BCUT2D eigenvalue weighted by Gasteiger charge is -2.18. The van der Waals surface area contributed by atoms with Gasteiger partial charge in [-0.05, 0) is 37.5 Å². The summed E-state index contributed by atoms with van der Waals surface area (Å²) in [6.07, 6.45) is 6.46. The van der Waals surface area contributed by atoms with Crippen LogP contribution in [0, 0.1) is 6.92 Å². The van der Waals surface area contributed by atoms with Gasteiger partial charge in [0, 0.05) is 25.2 Å². The van der Waals surface area contributed by atoms with E-state index in [9.17, 15) is 0 Å². The van der Waals surface area contributed by atoms with Crippen LogP contribution in [0.5, 0.6) is 5.88 Å². The van der Waals surface area contributed by atoms with Crippen molar-refractivity contribution in [1.29, 1.82) is 0 Å². The molecule has 2 N–H and O–H groups in total. The van der Waals surface area contributed by atoms with Crippen LogP contribution in [0.25, 0.3) is 33.3 Å². The Morgan fingerprint density at radius 3 is 2.80 bits per heavy atom. The molecule has 0 aliphatic carbocycles. The van der Waals surface area contributed by atoms with Crippen LogP contribution in [0.3, 0.4) is 0 Å². The topological polar surface area (TPSA) is 107 Å². The Hall–Kier alpha value is -3.59. The summed E-state index contributed by atoms with van der Waals surface area (Å²) in [5.41, 5.74) is 4.74. The maximum atomic E-state index is 6.46. The molecule has 0 bridgehead atoms. The molecule has 0 fully saturated rings. The zero-order valence-corrected chi connectivity index (χ0v) is 21.0. The monoisotopic (exact) mass is 493 g/mol. The van der Waals surface area contributed by atoms with Crippen LogP contribution in [0.4, 0.5) is 11.6 Å². The molecule has 0 aliphatic rings. The third kappa shape index (κ3) is 4.43. The van der Waals surface area contributed by atoms with E-state index in [0.29, 0.717) is 40.8 Å². The fourth-order valence-corrected chi connectivity index (χ4v) is 4.46. The van der Waals surface area contributed by atoms with Gasteiger partial charge in [0.1, 0.15) is 17.3 Å².